The first-order valence-corrected chi connectivity index (χ1v) is 6.36. The van der Waals surface area contributed by atoms with Gasteiger partial charge in [0.15, 0.2) is 0 Å². The lowest BCUT2D eigenvalue weighted by Crippen LogP contribution is -2.35. The van der Waals surface area contributed by atoms with Crippen LogP contribution in [0.2, 0.25) is 0 Å². The summed E-state index contributed by atoms with van der Waals surface area (Å²) in [5, 5.41) is 12.2. The van der Waals surface area contributed by atoms with E-state index in [1.54, 1.807) is 24.3 Å². The normalized spacial score (nSPS) is 22.7. The Kier molecular flexibility index (Phi) is 4.52. The average molecular weight is 263 g/mol. The van der Waals surface area contributed by atoms with Crippen molar-refractivity contribution in [1.29, 1.82) is 0 Å². The van der Waals surface area contributed by atoms with E-state index in [1.807, 2.05) is 6.07 Å². The number of benzene rings is 1. The van der Waals surface area contributed by atoms with Gasteiger partial charge in [0.25, 0.3) is 5.91 Å². The summed E-state index contributed by atoms with van der Waals surface area (Å²) < 4.78 is 5.09. The zero-order valence-electron chi connectivity index (χ0n) is 10.5. The molecule has 2 atom stereocenters. The van der Waals surface area contributed by atoms with Crippen LogP contribution in [0.4, 0.5) is 0 Å². The molecule has 102 valence electrons. The molecular formula is C14H17NO4. The highest BCUT2D eigenvalue weighted by atomic mass is 16.5. The number of rotatable bonds is 4. The van der Waals surface area contributed by atoms with E-state index in [1.165, 1.54) is 0 Å². The van der Waals surface area contributed by atoms with Crippen LogP contribution in [0.1, 0.15) is 29.6 Å². The fraction of sp³-hybridized carbons (Fsp3) is 0.429. The number of hydrogen-bond donors (Lipinski definition) is 2. The second-order valence-corrected chi connectivity index (χ2v) is 4.62. The Balaban J connectivity index is 1.74. The molecule has 0 radical (unpaired) electrons. The molecule has 1 aromatic carbocycles. The maximum Gasteiger partial charge on any atom is 0.308 e. The molecule has 1 aliphatic heterocycles. The van der Waals surface area contributed by atoms with Crippen LogP contribution in [-0.2, 0) is 9.53 Å². The van der Waals surface area contributed by atoms with Crippen LogP contribution in [0.15, 0.2) is 30.3 Å². The summed E-state index contributed by atoms with van der Waals surface area (Å²) in [5.41, 5.74) is 0.600. The minimum Gasteiger partial charge on any atom is -0.462 e. The number of esters is 1. The second kappa shape index (κ2) is 6.33. The number of aliphatic hydroxyl groups is 1. The molecule has 2 N–H and O–H groups in total. The van der Waals surface area contributed by atoms with Gasteiger partial charge in [-0.25, -0.2) is 0 Å². The Morgan fingerprint density at radius 1 is 1.37 bits per heavy atom. The molecule has 0 bridgehead atoms. The van der Waals surface area contributed by atoms with Crippen molar-refractivity contribution in [1.82, 2.24) is 5.32 Å². The monoisotopic (exact) mass is 263 g/mol. The first-order valence-electron chi connectivity index (χ1n) is 6.36. The molecule has 1 fully saturated rings. The van der Waals surface area contributed by atoms with Crippen molar-refractivity contribution in [2.45, 2.75) is 31.5 Å². The molecule has 5 nitrogen and oxygen atoms in total. The van der Waals surface area contributed by atoms with Crippen molar-refractivity contribution >= 4 is 11.9 Å². The van der Waals surface area contributed by atoms with E-state index in [9.17, 15) is 14.7 Å². The van der Waals surface area contributed by atoms with Crippen LogP contribution < -0.4 is 5.32 Å². The molecule has 1 saturated heterocycles. The van der Waals surface area contributed by atoms with E-state index >= 15 is 0 Å². The van der Waals surface area contributed by atoms with Gasteiger partial charge in [-0.15, -0.1) is 0 Å². The number of cyclic esters (lactones) is 1. The third kappa shape index (κ3) is 4.06. The Bertz CT molecular complexity index is 446. The number of carbonyl (C=O) groups is 2. The maximum absolute atomic E-state index is 11.7. The third-order valence-electron chi connectivity index (χ3n) is 3.02. The van der Waals surface area contributed by atoms with Gasteiger partial charge in [-0.05, 0) is 12.1 Å². The second-order valence-electron chi connectivity index (χ2n) is 4.62. The Morgan fingerprint density at radius 3 is 2.79 bits per heavy atom. The van der Waals surface area contributed by atoms with Gasteiger partial charge in [0.1, 0.15) is 6.10 Å². The SMILES string of the molecule is O=C1C[C@H](O)C[C@H](CCNC(=O)c2ccccc2)O1. The maximum atomic E-state index is 11.7. The minimum absolute atomic E-state index is 0.0624. The Morgan fingerprint density at radius 2 is 2.11 bits per heavy atom. The van der Waals surface area contributed by atoms with Crippen molar-refractivity contribution in [3.05, 3.63) is 35.9 Å². The first-order chi connectivity index (χ1) is 9.15. The van der Waals surface area contributed by atoms with Crippen LogP contribution in [0.5, 0.6) is 0 Å². The van der Waals surface area contributed by atoms with E-state index in [4.69, 9.17) is 4.74 Å². The molecule has 0 saturated carbocycles. The lowest BCUT2D eigenvalue weighted by atomic mass is 10.0. The third-order valence-corrected chi connectivity index (χ3v) is 3.02. The lowest BCUT2D eigenvalue weighted by Gasteiger charge is -2.25. The van der Waals surface area contributed by atoms with Gasteiger partial charge in [-0.1, -0.05) is 18.2 Å². The van der Waals surface area contributed by atoms with Gasteiger partial charge in [0.05, 0.1) is 12.5 Å². The van der Waals surface area contributed by atoms with E-state index < -0.39 is 6.10 Å². The van der Waals surface area contributed by atoms with Crippen LogP contribution in [0.25, 0.3) is 0 Å². The molecular weight excluding hydrogens is 246 g/mol. The highest BCUT2D eigenvalue weighted by Gasteiger charge is 2.26. The van der Waals surface area contributed by atoms with E-state index in [2.05, 4.69) is 5.32 Å². The van der Waals surface area contributed by atoms with Crippen molar-refractivity contribution < 1.29 is 19.4 Å². The highest BCUT2D eigenvalue weighted by molar-refractivity contribution is 5.94. The zero-order valence-corrected chi connectivity index (χ0v) is 10.5. The quantitative estimate of drug-likeness (QED) is 0.790. The molecule has 1 amide bonds. The molecule has 0 unspecified atom stereocenters. The number of ether oxygens (including phenoxy) is 1. The zero-order chi connectivity index (χ0) is 13.7. The van der Waals surface area contributed by atoms with Crippen molar-refractivity contribution in [2.75, 3.05) is 6.54 Å². The number of nitrogens with one attached hydrogen (secondary N) is 1. The van der Waals surface area contributed by atoms with Crippen LogP contribution >= 0.6 is 0 Å². The molecule has 0 aliphatic carbocycles. The Hall–Kier alpha value is -1.88. The predicted octanol–water partition coefficient (Wildman–Crippen LogP) is 0.873. The molecule has 0 spiro atoms. The summed E-state index contributed by atoms with van der Waals surface area (Å²) in [4.78, 5) is 22.9. The van der Waals surface area contributed by atoms with Crippen LogP contribution in [0, 0.1) is 0 Å². The molecule has 1 heterocycles. The molecule has 1 aliphatic rings. The van der Waals surface area contributed by atoms with Gasteiger partial charge in [0, 0.05) is 24.9 Å². The standard InChI is InChI=1S/C14H17NO4/c16-11-8-12(19-13(17)9-11)6-7-15-14(18)10-4-2-1-3-5-10/h1-5,11-12,16H,6-9H2,(H,15,18)/t11-,12+/m1/s1. The smallest absolute Gasteiger partial charge is 0.308 e. The first kappa shape index (κ1) is 13.5. The summed E-state index contributed by atoms with van der Waals surface area (Å²) in [6.07, 6.45) is 0.0738. The summed E-state index contributed by atoms with van der Waals surface area (Å²) in [6.45, 7) is 0.415. The summed E-state index contributed by atoms with van der Waals surface area (Å²) in [6, 6.07) is 8.92. The van der Waals surface area contributed by atoms with Gasteiger partial charge in [-0.2, -0.15) is 0 Å². The van der Waals surface area contributed by atoms with Crippen molar-refractivity contribution in [3.8, 4) is 0 Å². The van der Waals surface area contributed by atoms with Gasteiger partial charge < -0.3 is 15.2 Å². The van der Waals surface area contributed by atoms with Crippen LogP contribution in [0.3, 0.4) is 0 Å². The van der Waals surface area contributed by atoms with E-state index in [-0.39, 0.29) is 24.4 Å². The number of aliphatic hydroxyl groups excluding tert-OH is 1. The minimum atomic E-state index is -0.629. The fourth-order valence-electron chi connectivity index (χ4n) is 2.08. The van der Waals surface area contributed by atoms with Gasteiger partial charge in [-0.3, -0.25) is 9.59 Å². The van der Waals surface area contributed by atoms with E-state index in [0.717, 1.165) is 0 Å². The van der Waals surface area contributed by atoms with Crippen LogP contribution in [-0.4, -0.2) is 35.7 Å². The molecule has 0 aromatic heterocycles. The largest absolute Gasteiger partial charge is 0.462 e. The average Bonchev–Trinajstić information content (AvgIpc) is 2.38. The number of amides is 1. The van der Waals surface area contributed by atoms with E-state index in [0.29, 0.717) is 24.9 Å². The highest BCUT2D eigenvalue weighted by Crippen LogP contribution is 2.17. The van der Waals surface area contributed by atoms with Crippen molar-refractivity contribution in [3.63, 3.8) is 0 Å². The van der Waals surface area contributed by atoms with Gasteiger partial charge >= 0.3 is 5.97 Å². The van der Waals surface area contributed by atoms with Crippen molar-refractivity contribution in [2.24, 2.45) is 0 Å². The topological polar surface area (TPSA) is 75.6 Å². The fourth-order valence-corrected chi connectivity index (χ4v) is 2.08. The number of hydrogen-bond acceptors (Lipinski definition) is 4. The van der Waals surface area contributed by atoms with Gasteiger partial charge in [0.2, 0.25) is 0 Å². The molecule has 2 rings (SSSR count). The molecule has 19 heavy (non-hydrogen) atoms. The predicted molar refractivity (Wildman–Crippen MR) is 68.5 cm³/mol. The molecule has 5 heteroatoms. The lowest BCUT2D eigenvalue weighted by molar-refractivity contribution is -0.160. The molecule has 1 aromatic rings. The summed E-state index contributed by atoms with van der Waals surface area (Å²) >= 11 is 0. The summed E-state index contributed by atoms with van der Waals surface area (Å²) in [7, 11) is 0. The number of carbonyl (C=O) groups excluding carboxylic acids is 2. The Labute approximate surface area is 111 Å². The summed E-state index contributed by atoms with van der Waals surface area (Å²) in [5.74, 6) is -0.526.